The van der Waals surface area contributed by atoms with Crippen molar-refractivity contribution in [2.24, 2.45) is 0 Å². The molecule has 0 N–H and O–H groups in total. The second-order valence-electron chi connectivity index (χ2n) is 2.47. The number of rotatable bonds is 2. The minimum absolute atomic E-state index is 0.369. The van der Waals surface area contributed by atoms with Crippen molar-refractivity contribution in [1.29, 1.82) is 0 Å². The van der Waals surface area contributed by atoms with E-state index < -0.39 is 0 Å². The van der Waals surface area contributed by atoms with Gasteiger partial charge in [-0.25, -0.2) is 0 Å². The third-order valence-electron chi connectivity index (χ3n) is 1.82. The van der Waals surface area contributed by atoms with Gasteiger partial charge in [-0.15, -0.1) is 0 Å². The molecular formula is C7H15NO2. The summed E-state index contributed by atoms with van der Waals surface area (Å²) in [6, 6.07) is 0. The smallest absolute Gasteiger partial charge is 0.0723 e. The molecule has 1 aliphatic rings. The molecule has 0 bridgehead atoms. The quantitative estimate of drug-likeness (QED) is 0.569. The average molecular weight is 145 g/mol. The van der Waals surface area contributed by atoms with Gasteiger partial charge in [0, 0.05) is 6.54 Å². The van der Waals surface area contributed by atoms with Crippen LogP contribution in [0.25, 0.3) is 0 Å². The predicted molar refractivity (Wildman–Crippen MR) is 38.6 cm³/mol. The van der Waals surface area contributed by atoms with E-state index in [1.54, 1.807) is 7.11 Å². The van der Waals surface area contributed by atoms with Crippen LogP contribution in [0.2, 0.25) is 0 Å². The fraction of sp³-hybridized carbons (Fsp3) is 1.00. The lowest BCUT2D eigenvalue weighted by molar-refractivity contribution is -0.193. The first kappa shape index (κ1) is 7.98. The van der Waals surface area contributed by atoms with Crippen LogP contribution < -0.4 is 0 Å². The Kier molecular flexibility index (Phi) is 3.12. The van der Waals surface area contributed by atoms with Gasteiger partial charge in [0.2, 0.25) is 0 Å². The Morgan fingerprint density at radius 2 is 2.50 bits per heavy atom. The monoisotopic (exact) mass is 145 g/mol. The van der Waals surface area contributed by atoms with Crippen molar-refractivity contribution in [3.63, 3.8) is 0 Å². The molecule has 1 atom stereocenters. The van der Waals surface area contributed by atoms with Gasteiger partial charge >= 0.3 is 0 Å². The molecule has 1 fully saturated rings. The first-order valence-electron chi connectivity index (χ1n) is 3.77. The Morgan fingerprint density at radius 3 is 3.10 bits per heavy atom. The molecule has 1 aliphatic heterocycles. The summed E-state index contributed by atoms with van der Waals surface area (Å²) in [5.74, 6) is 0. The molecule has 0 amide bonds. The minimum Gasteiger partial charge on any atom is -0.375 e. The minimum atomic E-state index is 0.369. The molecule has 0 aliphatic carbocycles. The van der Waals surface area contributed by atoms with Crippen LogP contribution in [-0.4, -0.2) is 38.0 Å². The molecule has 10 heavy (non-hydrogen) atoms. The largest absolute Gasteiger partial charge is 0.375 e. The van der Waals surface area contributed by atoms with E-state index in [1.165, 1.54) is 0 Å². The summed E-state index contributed by atoms with van der Waals surface area (Å²) < 4.78 is 5.44. The van der Waals surface area contributed by atoms with Crippen LogP contribution in [0.5, 0.6) is 0 Å². The molecule has 3 nitrogen and oxygen atoms in total. The lowest BCUT2D eigenvalue weighted by Gasteiger charge is -2.30. The number of ether oxygens (including phenoxy) is 1. The molecule has 1 saturated heterocycles. The summed E-state index contributed by atoms with van der Waals surface area (Å²) in [5, 5.41) is 1.94. The summed E-state index contributed by atoms with van der Waals surface area (Å²) in [6.45, 7) is 4.73. The Bertz CT molecular complexity index is 87.6. The molecule has 0 saturated carbocycles. The van der Waals surface area contributed by atoms with E-state index in [4.69, 9.17) is 9.57 Å². The van der Waals surface area contributed by atoms with Crippen LogP contribution in [0.15, 0.2) is 0 Å². The summed E-state index contributed by atoms with van der Waals surface area (Å²) in [5.41, 5.74) is 0. The Balaban J connectivity index is 2.25. The first-order chi connectivity index (χ1) is 4.86. The van der Waals surface area contributed by atoms with E-state index in [1.807, 2.05) is 5.06 Å². The van der Waals surface area contributed by atoms with E-state index >= 15 is 0 Å². The molecule has 0 radical (unpaired) electrons. The van der Waals surface area contributed by atoms with E-state index in [-0.39, 0.29) is 0 Å². The summed E-state index contributed by atoms with van der Waals surface area (Å²) in [7, 11) is 1.71. The third kappa shape index (κ3) is 1.94. The second kappa shape index (κ2) is 3.91. The molecule has 60 valence electrons. The van der Waals surface area contributed by atoms with Crippen molar-refractivity contribution in [2.45, 2.75) is 19.4 Å². The first-order valence-corrected chi connectivity index (χ1v) is 3.77. The summed E-state index contributed by atoms with van der Waals surface area (Å²) in [4.78, 5) is 5.08. The molecule has 0 aromatic heterocycles. The van der Waals surface area contributed by atoms with E-state index in [2.05, 4.69) is 6.92 Å². The standard InChI is InChI=1S/C7H15NO2/c1-3-7-6-8(9-2)4-5-10-7/h7H,3-6H2,1-2H3. The fourth-order valence-electron chi connectivity index (χ4n) is 1.11. The van der Waals surface area contributed by atoms with Crippen molar-refractivity contribution in [3.05, 3.63) is 0 Å². The van der Waals surface area contributed by atoms with Gasteiger partial charge in [-0.3, -0.25) is 0 Å². The van der Waals surface area contributed by atoms with Gasteiger partial charge in [0.25, 0.3) is 0 Å². The SMILES string of the molecule is CCC1CN(OC)CCO1. The maximum atomic E-state index is 5.44. The number of hydrogen-bond acceptors (Lipinski definition) is 3. The zero-order chi connectivity index (χ0) is 7.40. The Labute approximate surface area is 61.9 Å². The molecule has 1 unspecified atom stereocenters. The Morgan fingerprint density at radius 1 is 1.70 bits per heavy atom. The van der Waals surface area contributed by atoms with Crippen LogP contribution in [-0.2, 0) is 9.57 Å². The van der Waals surface area contributed by atoms with Gasteiger partial charge in [-0.2, -0.15) is 5.06 Å². The molecule has 0 aromatic carbocycles. The zero-order valence-electron chi connectivity index (χ0n) is 6.67. The predicted octanol–water partition coefficient (Wildman–Crippen LogP) is 0.659. The fourth-order valence-corrected chi connectivity index (χ4v) is 1.11. The van der Waals surface area contributed by atoms with Crippen LogP contribution in [0, 0.1) is 0 Å². The molecule has 0 spiro atoms. The lowest BCUT2D eigenvalue weighted by Crippen LogP contribution is -2.41. The highest BCUT2D eigenvalue weighted by molar-refractivity contribution is 4.63. The number of nitrogens with zero attached hydrogens (tertiary/aromatic N) is 1. The van der Waals surface area contributed by atoms with Crippen molar-refractivity contribution in [2.75, 3.05) is 26.8 Å². The van der Waals surface area contributed by atoms with Gasteiger partial charge in [-0.1, -0.05) is 6.92 Å². The zero-order valence-corrected chi connectivity index (χ0v) is 6.67. The van der Waals surface area contributed by atoms with Crippen LogP contribution in [0.4, 0.5) is 0 Å². The molecule has 1 rings (SSSR count). The summed E-state index contributed by atoms with van der Waals surface area (Å²) in [6.07, 6.45) is 1.44. The molecular weight excluding hydrogens is 130 g/mol. The van der Waals surface area contributed by atoms with Gasteiger partial charge in [-0.05, 0) is 6.42 Å². The lowest BCUT2D eigenvalue weighted by atomic mass is 10.2. The third-order valence-corrected chi connectivity index (χ3v) is 1.82. The highest BCUT2D eigenvalue weighted by Crippen LogP contribution is 2.06. The Hall–Kier alpha value is -0.120. The van der Waals surface area contributed by atoms with Crippen molar-refractivity contribution in [3.8, 4) is 0 Å². The number of hydroxylamine groups is 2. The van der Waals surface area contributed by atoms with Crippen molar-refractivity contribution in [1.82, 2.24) is 5.06 Å². The van der Waals surface area contributed by atoms with Gasteiger partial charge in [0.05, 0.1) is 26.4 Å². The van der Waals surface area contributed by atoms with Crippen LogP contribution in [0.1, 0.15) is 13.3 Å². The maximum absolute atomic E-state index is 5.44. The topological polar surface area (TPSA) is 21.7 Å². The summed E-state index contributed by atoms with van der Waals surface area (Å²) >= 11 is 0. The second-order valence-corrected chi connectivity index (χ2v) is 2.47. The number of hydrogen-bond donors (Lipinski definition) is 0. The number of morpholine rings is 1. The van der Waals surface area contributed by atoms with Crippen LogP contribution in [0.3, 0.4) is 0 Å². The van der Waals surface area contributed by atoms with Crippen molar-refractivity contribution < 1.29 is 9.57 Å². The molecule has 3 heteroatoms. The van der Waals surface area contributed by atoms with Crippen molar-refractivity contribution >= 4 is 0 Å². The highest BCUT2D eigenvalue weighted by Gasteiger charge is 2.17. The average Bonchev–Trinajstić information content (AvgIpc) is 2.05. The van der Waals surface area contributed by atoms with Gasteiger partial charge in [0.15, 0.2) is 0 Å². The normalized spacial score (nSPS) is 28.8. The van der Waals surface area contributed by atoms with Gasteiger partial charge in [0.1, 0.15) is 0 Å². The van der Waals surface area contributed by atoms with E-state index in [0.717, 1.165) is 26.1 Å². The highest BCUT2D eigenvalue weighted by atomic mass is 16.7. The van der Waals surface area contributed by atoms with E-state index in [9.17, 15) is 0 Å². The molecule has 0 aromatic rings. The molecule has 1 heterocycles. The van der Waals surface area contributed by atoms with Gasteiger partial charge < -0.3 is 9.57 Å². The van der Waals surface area contributed by atoms with E-state index in [0.29, 0.717) is 6.10 Å². The van der Waals surface area contributed by atoms with Crippen LogP contribution >= 0.6 is 0 Å². The maximum Gasteiger partial charge on any atom is 0.0723 e.